The number of aromatic nitrogens is 1. The number of alkyl halides is 3. The van der Waals surface area contributed by atoms with Crippen LogP contribution in [0.3, 0.4) is 0 Å². The zero-order valence-corrected chi connectivity index (χ0v) is 26.2. The van der Waals surface area contributed by atoms with E-state index in [1.54, 1.807) is 12.3 Å². The topological polar surface area (TPSA) is 125 Å². The number of pyridine rings is 1. The minimum absolute atomic E-state index is 0.00649. The molecule has 1 amide bonds. The van der Waals surface area contributed by atoms with Crippen LogP contribution in [0, 0.1) is 0 Å². The van der Waals surface area contributed by atoms with Gasteiger partial charge in [0.25, 0.3) is 15.9 Å². The molecule has 2 aliphatic rings. The molecular weight excluding hydrogens is 657 g/mol. The molecule has 238 valence electrons. The van der Waals surface area contributed by atoms with Crippen molar-refractivity contribution in [2.75, 3.05) is 48.3 Å². The third-order valence-electron chi connectivity index (χ3n) is 6.91. The minimum Gasteiger partial charge on any atom is -0.368 e. The Balaban J connectivity index is 1.42. The lowest BCUT2D eigenvalue weighted by atomic mass is 10.1. The highest BCUT2D eigenvalue weighted by Gasteiger charge is 2.44. The summed E-state index contributed by atoms with van der Waals surface area (Å²) >= 11 is 7.23. The first-order valence-electron chi connectivity index (χ1n) is 13.5. The van der Waals surface area contributed by atoms with E-state index in [4.69, 9.17) is 11.6 Å². The lowest BCUT2D eigenvalue weighted by Crippen LogP contribution is -2.44. The summed E-state index contributed by atoms with van der Waals surface area (Å²) in [4.78, 5) is 42.1. The molecule has 1 N–H and O–H groups in total. The van der Waals surface area contributed by atoms with Crippen LogP contribution in [0.15, 0.2) is 58.6 Å². The second-order valence-electron chi connectivity index (χ2n) is 10.0. The van der Waals surface area contributed by atoms with E-state index in [2.05, 4.69) is 37.0 Å². The van der Waals surface area contributed by atoms with Gasteiger partial charge in [-0.3, -0.25) is 9.78 Å². The average molecular weight is 683 g/mol. The Hall–Kier alpha value is -3.86. The Kier molecular flexibility index (Phi) is 9.30. The van der Waals surface area contributed by atoms with E-state index >= 15 is 0 Å². The number of carbonyl (C=O) groups excluding carboxylic acids is 2. The first-order valence-corrected chi connectivity index (χ1v) is 16.3. The Bertz CT molecular complexity index is 1830. The predicted octanol–water partition coefficient (Wildman–Crippen LogP) is 4.71. The van der Waals surface area contributed by atoms with Crippen LogP contribution in [0.2, 0.25) is 5.02 Å². The number of sulfonamides is 1. The Morgan fingerprint density at radius 3 is 2.60 bits per heavy atom. The molecule has 2 fully saturated rings. The Morgan fingerprint density at radius 2 is 1.91 bits per heavy atom. The van der Waals surface area contributed by atoms with Crippen molar-refractivity contribution in [2.24, 2.45) is 4.99 Å². The van der Waals surface area contributed by atoms with Crippen molar-refractivity contribution in [2.45, 2.75) is 13.1 Å². The van der Waals surface area contributed by atoms with E-state index in [-0.39, 0.29) is 20.3 Å². The maximum atomic E-state index is 12.9. The number of anilines is 2. The van der Waals surface area contributed by atoms with E-state index < -0.39 is 39.5 Å². The summed E-state index contributed by atoms with van der Waals surface area (Å²) in [6.07, 6.45) is -1.99. The van der Waals surface area contributed by atoms with Crippen LogP contribution in [0.5, 0.6) is 0 Å². The van der Waals surface area contributed by atoms with Crippen molar-refractivity contribution in [3.63, 3.8) is 0 Å². The normalized spacial score (nSPS) is 18.1. The first-order chi connectivity index (χ1) is 21.2. The quantitative estimate of drug-likeness (QED) is 0.279. The number of hydrogen-bond donors (Lipinski definition) is 1. The number of amides is 1. The van der Waals surface area contributed by atoms with Crippen LogP contribution in [0.1, 0.15) is 12.5 Å². The molecule has 3 aromatic rings. The molecule has 0 unspecified atom stereocenters. The fourth-order valence-electron chi connectivity index (χ4n) is 4.52. The van der Waals surface area contributed by atoms with Gasteiger partial charge in [-0.15, -0.1) is 0 Å². The number of carbonyl (C=O) groups is 2. The lowest BCUT2D eigenvalue weighted by molar-refractivity contribution is -0.199. The standard InChI is InChI=1S/C28H26ClF3N6O5S2/c1-3-45(41,42)38(43-26(40)28(30,31)32)18-5-6-20(29)22(16-18)34-27-35-25(39)24(44-27)15-17-4-7-21-19(14-17)23(8-9-33-21)37-12-10-36(2)11-13-37/h4-9,14-16H,3,10-13H2,1-2H3,(H,34,35,39). The molecule has 45 heavy (non-hydrogen) atoms. The van der Waals surface area contributed by atoms with Gasteiger partial charge in [-0.1, -0.05) is 22.1 Å². The molecule has 1 aromatic heterocycles. The fourth-order valence-corrected chi connectivity index (χ4v) is 6.36. The zero-order chi connectivity index (χ0) is 32.5. The summed E-state index contributed by atoms with van der Waals surface area (Å²) in [5.74, 6) is -3.85. The molecule has 0 spiro atoms. The summed E-state index contributed by atoms with van der Waals surface area (Å²) in [7, 11) is -2.42. The van der Waals surface area contributed by atoms with Gasteiger partial charge in [0.2, 0.25) is 0 Å². The SMILES string of the molecule is CCS(=O)(=O)N(OC(=O)C(F)(F)F)c1ccc(Cl)c(N=C2NC(=O)C(=Cc3ccc4nccc(N5CCN(C)CC5)c4c3)S2)c1. The molecule has 2 aliphatic heterocycles. The van der Waals surface area contributed by atoms with E-state index in [1.807, 2.05) is 24.3 Å². The van der Waals surface area contributed by atoms with Crippen LogP contribution < -0.4 is 14.7 Å². The number of thioether (sulfide) groups is 1. The lowest BCUT2D eigenvalue weighted by Gasteiger charge is -2.34. The Morgan fingerprint density at radius 1 is 1.18 bits per heavy atom. The van der Waals surface area contributed by atoms with Crippen LogP contribution in [-0.2, 0) is 24.4 Å². The third-order valence-corrected chi connectivity index (χ3v) is 9.66. The van der Waals surface area contributed by atoms with E-state index in [0.29, 0.717) is 4.91 Å². The van der Waals surface area contributed by atoms with Gasteiger partial charge in [0, 0.05) is 43.4 Å². The number of nitrogens with one attached hydrogen (secondary N) is 1. The van der Waals surface area contributed by atoms with Gasteiger partial charge < -0.3 is 20.0 Å². The minimum atomic E-state index is -5.45. The van der Waals surface area contributed by atoms with Crippen LogP contribution in [0.4, 0.5) is 30.2 Å². The van der Waals surface area contributed by atoms with Crippen molar-refractivity contribution >= 4 is 84.5 Å². The summed E-state index contributed by atoms with van der Waals surface area (Å²) in [5.41, 5.74) is 2.06. The zero-order valence-electron chi connectivity index (χ0n) is 23.8. The molecule has 0 saturated carbocycles. The molecular formula is C28H26ClF3N6O5S2. The van der Waals surface area contributed by atoms with Crippen molar-refractivity contribution in [1.29, 1.82) is 0 Å². The second-order valence-corrected chi connectivity index (χ2v) is 13.5. The average Bonchev–Trinajstić information content (AvgIpc) is 3.34. The Labute approximate surface area is 265 Å². The number of fused-ring (bicyclic) bond motifs is 1. The molecule has 0 aliphatic carbocycles. The molecule has 0 bridgehead atoms. The fraction of sp³-hybridized carbons (Fsp3) is 0.286. The first kappa shape index (κ1) is 32.5. The number of halogens is 4. The number of aliphatic imine (C=N–C) groups is 1. The van der Waals surface area contributed by atoms with Crippen LogP contribution in [-0.4, -0.2) is 80.5 Å². The molecule has 2 aromatic carbocycles. The van der Waals surface area contributed by atoms with Gasteiger partial charge in [0.1, 0.15) is 0 Å². The van der Waals surface area contributed by atoms with Gasteiger partial charge in [-0.25, -0.2) is 18.2 Å². The number of benzene rings is 2. The molecule has 2 saturated heterocycles. The number of amidine groups is 1. The summed E-state index contributed by atoms with van der Waals surface area (Å²) in [6.45, 7) is 4.78. The van der Waals surface area contributed by atoms with E-state index in [9.17, 15) is 31.2 Å². The van der Waals surface area contributed by atoms with Crippen molar-refractivity contribution in [3.05, 3.63) is 64.2 Å². The van der Waals surface area contributed by atoms with Gasteiger partial charge in [-0.05, 0) is 73.8 Å². The second kappa shape index (κ2) is 12.9. The molecule has 0 atom stereocenters. The highest BCUT2D eigenvalue weighted by Crippen LogP contribution is 2.36. The monoisotopic (exact) mass is 682 g/mol. The summed E-state index contributed by atoms with van der Waals surface area (Å²) < 4.78 is 63.5. The number of rotatable bonds is 7. The highest BCUT2D eigenvalue weighted by molar-refractivity contribution is 8.18. The largest absolute Gasteiger partial charge is 0.493 e. The van der Waals surface area contributed by atoms with E-state index in [1.165, 1.54) is 13.0 Å². The van der Waals surface area contributed by atoms with Gasteiger partial charge in [0.05, 0.1) is 32.6 Å². The number of hydrogen-bond acceptors (Lipinski definition) is 10. The van der Waals surface area contributed by atoms with E-state index in [0.717, 1.165) is 72.2 Å². The third kappa shape index (κ3) is 7.35. The van der Waals surface area contributed by atoms with Crippen LogP contribution in [0.25, 0.3) is 17.0 Å². The number of nitrogens with zero attached hydrogens (tertiary/aromatic N) is 5. The maximum absolute atomic E-state index is 12.9. The molecule has 5 rings (SSSR count). The molecule has 17 heteroatoms. The van der Waals surface area contributed by atoms with Gasteiger partial charge in [0.15, 0.2) is 5.17 Å². The smallest absolute Gasteiger partial charge is 0.368 e. The highest BCUT2D eigenvalue weighted by atomic mass is 35.5. The van der Waals surface area contributed by atoms with Crippen molar-refractivity contribution < 1.29 is 36.0 Å². The van der Waals surface area contributed by atoms with Crippen LogP contribution >= 0.6 is 23.4 Å². The number of likely N-dealkylation sites (N-methyl/N-ethyl adjacent to an activating group) is 1. The molecule has 11 nitrogen and oxygen atoms in total. The van der Waals surface area contributed by atoms with Gasteiger partial charge >= 0.3 is 12.1 Å². The molecule has 3 heterocycles. The maximum Gasteiger partial charge on any atom is 0.493 e. The summed E-state index contributed by atoms with van der Waals surface area (Å²) in [6, 6.07) is 10.9. The summed E-state index contributed by atoms with van der Waals surface area (Å²) in [5, 5.41) is 3.62. The van der Waals surface area contributed by atoms with Gasteiger partial charge in [-0.2, -0.15) is 13.2 Å². The molecule has 0 radical (unpaired) electrons. The van der Waals surface area contributed by atoms with Crippen molar-refractivity contribution in [3.8, 4) is 0 Å². The predicted molar refractivity (Wildman–Crippen MR) is 168 cm³/mol. The number of piperazine rings is 1. The van der Waals surface area contributed by atoms with Crippen molar-refractivity contribution in [1.82, 2.24) is 15.2 Å².